The van der Waals surface area contributed by atoms with Crippen molar-refractivity contribution in [3.05, 3.63) is 48.6 Å². The average molecular weight is 245 g/mol. The maximum atomic E-state index is 3.80. The zero-order valence-corrected chi connectivity index (χ0v) is 11.9. The first-order chi connectivity index (χ1) is 8.74. The fourth-order valence-electron chi connectivity index (χ4n) is 2.17. The van der Waals surface area contributed by atoms with Crippen molar-refractivity contribution in [3.63, 3.8) is 0 Å². The Hall–Kier alpha value is -1.08. The molecule has 18 heavy (non-hydrogen) atoms. The van der Waals surface area contributed by atoms with Gasteiger partial charge in [0.2, 0.25) is 0 Å². The van der Waals surface area contributed by atoms with Crippen LogP contribution >= 0.6 is 0 Å². The van der Waals surface area contributed by atoms with E-state index in [0.29, 0.717) is 5.92 Å². The van der Waals surface area contributed by atoms with E-state index in [9.17, 15) is 0 Å². The van der Waals surface area contributed by atoms with Gasteiger partial charge in [-0.2, -0.15) is 0 Å². The summed E-state index contributed by atoms with van der Waals surface area (Å²) in [4.78, 5) is 0. The van der Waals surface area contributed by atoms with Crippen LogP contribution in [0.2, 0.25) is 0 Å². The van der Waals surface area contributed by atoms with E-state index in [-0.39, 0.29) is 0 Å². The molecule has 1 heteroatoms. The Balaban J connectivity index is 2.49. The lowest BCUT2D eigenvalue weighted by atomic mass is 9.93. The molecule has 0 heterocycles. The van der Waals surface area contributed by atoms with Crippen LogP contribution in [0.1, 0.15) is 44.6 Å². The summed E-state index contributed by atoms with van der Waals surface area (Å²) < 4.78 is 0. The molecule has 0 fully saturated rings. The van der Waals surface area contributed by atoms with Gasteiger partial charge in [0.05, 0.1) is 0 Å². The number of allylic oxidation sites excluding steroid dienone is 1. The Labute approximate surface area is 112 Å². The van der Waals surface area contributed by atoms with Crippen molar-refractivity contribution in [2.45, 2.75) is 39.0 Å². The monoisotopic (exact) mass is 245 g/mol. The second kappa shape index (κ2) is 8.93. The summed E-state index contributed by atoms with van der Waals surface area (Å²) in [6.07, 6.45) is 5.60. The Morgan fingerprint density at radius 2 is 1.89 bits per heavy atom. The number of unbranched alkanes of at least 4 members (excludes halogenated alkanes) is 1. The highest BCUT2D eigenvalue weighted by atomic mass is 14.9. The zero-order valence-electron chi connectivity index (χ0n) is 11.9. The molecule has 0 spiro atoms. The molecule has 0 radical (unpaired) electrons. The van der Waals surface area contributed by atoms with Gasteiger partial charge in [0.25, 0.3) is 0 Å². The van der Waals surface area contributed by atoms with Crippen LogP contribution in [0.15, 0.2) is 43.0 Å². The molecular weight excluding hydrogens is 218 g/mol. The van der Waals surface area contributed by atoms with Crippen molar-refractivity contribution in [2.24, 2.45) is 5.92 Å². The summed E-state index contributed by atoms with van der Waals surface area (Å²) in [6.45, 7) is 10.5. The lowest BCUT2D eigenvalue weighted by molar-refractivity contribution is 0.493. The van der Waals surface area contributed by atoms with Gasteiger partial charge in [0.1, 0.15) is 0 Å². The molecule has 0 bridgehead atoms. The molecule has 0 amide bonds. The van der Waals surface area contributed by atoms with Crippen molar-refractivity contribution in [1.82, 2.24) is 5.32 Å². The third-order valence-corrected chi connectivity index (χ3v) is 3.18. The van der Waals surface area contributed by atoms with Crippen molar-refractivity contribution in [3.8, 4) is 0 Å². The van der Waals surface area contributed by atoms with Crippen LogP contribution in [0.25, 0.3) is 0 Å². The van der Waals surface area contributed by atoms with E-state index in [1.807, 2.05) is 6.08 Å². The van der Waals surface area contributed by atoms with Crippen molar-refractivity contribution in [1.29, 1.82) is 0 Å². The number of benzene rings is 1. The van der Waals surface area contributed by atoms with E-state index in [4.69, 9.17) is 0 Å². The Kier molecular flexibility index (Phi) is 7.43. The first kappa shape index (κ1) is 15.0. The fraction of sp³-hybridized carbons (Fsp3) is 0.529. The Morgan fingerprint density at radius 3 is 2.50 bits per heavy atom. The first-order valence-electron chi connectivity index (χ1n) is 7.10. The summed E-state index contributed by atoms with van der Waals surface area (Å²) in [7, 11) is 0. The molecule has 0 aliphatic heterocycles. The summed E-state index contributed by atoms with van der Waals surface area (Å²) in [6, 6.07) is 10.9. The highest BCUT2D eigenvalue weighted by molar-refractivity contribution is 5.19. The minimum Gasteiger partial charge on any atom is -0.316 e. The van der Waals surface area contributed by atoms with E-state index in [2.05, 4.69) is 56.1 Å². The van der Waals surface area contributed by atoms with Crippen LogP contribution in [0, 0.1) is 5.92 Å². The van der Waals surface area contributed by atoms with Crippen LogP contribution in [-0.4, -0.2) is 13.1 Å². The zero-order chi connectivity index (χ0) is 13.2. The number of hydrogen-bond acceptors (Lipinski definition) is 1. The molecule has 1 unspecified atom stereocenters. The quantitative estimate of drug-likeness (QED) is 0.503. The third-order valence-electron chi connectivity index (χ3n) is 3.18. The minimum atomic E-state index is 0.630. The van der Waals surface area contributed by atoms with Gasteiger partial charge in [-0.1, -0.05) is 50.3 Å². The lowest BCUT2D eigenvalue weighted by Crippen LogP contribution is -2.25. The molecule has 0 aliphatic rings. The Morgan fingerprint density at radius 1 is 1.17 bits per heavy atom. The third kappa shape index (κ3) is 6.02. The molecule has 0 saturated heterocycles. The highest BCUT2D eigenvalue weighted by Gasteiger charge is 2.10. The second-order valence-corrected chi connectivity index (χ2v) is 5.38. The molecule has 1 aromatic rings. The molecule has 1 N–H and O–H groups in total. The summed E-state index contributed by atoms with van der Waals surface area (Å²) in [5.74, 6) is 1.35. The van der Waals surface area contributed by atoms with E-state index < -0.39 is 0 Å². The van der Waals surface area contributed by atoms with Crippen LogP contribution in [0.5, 0.6) is 0 Å². The van der Waals surface area contributed by atoms with Gasteiger partial charge in [-0.15, -0.1) is 6.58 Å². The number of hydrogen-bond donors (Lipinski definition) is 1. The summed E-state index contributed by atoms with van der Waals surface area (Å²) >= 11 is 0. The SMILES string of the molecule is C=CCCCC(CNCC(C)C)c1ccccc1. The average Bonchev–Trinajstić information content (AvgIpc) is 2.38. The smallest absolute Gasteiger partial charge is 0.00202 e. The molecule has 0 saturated carbocycles. The van der Waals surface area contributed by atoms with E-state index in [1.54, 1.807) is 0 Å². The van der Waals surface area contributed by atoms with Crippen LogP contribution < -0.4 is 5.32 Å². The molecule has 100 valence electrons. The maximum Gasteiger partial charge on any atom is 0.00202 e. The lowest BCUT2D eigenvalue weighted by Gasteiger charge is -2.18. The molecule has 1 nitrogen and oxygen atoms in total. The van der Waals surface area contributed by atoms with Crippen molar-refractivity contribution >= 4 is 0 Å². The topological polar surface area (TPSA) is 12.0 Å². The molecular formula is C17H27N. The second-order valence-electron chi connectivity index (χ2n) is 5.38. The van der Waals surface area contributed by atoms with Crippen molar-refractivity contribution < 1.29 is 0 Å². The van der Waals surface area contributed by atoms with Crippen molar-refractivity contribution in [2.75, 3.05) is 13.1 Å². The van der Waals surface area contributed by atoms with Crippen LogP contribution in [0.3, 0.4) is 0 Å². The molecule has 1 rings (SSSR count). The van der Waals surface area contributed by atoms with Crippen LogP contribution in [-0.2, 0) is 0 Å². The molecule has 0 aliphatic carbocycles. The molecule has 0 aromatic heterocycles. The normalized spacial score (nSPS) is 12.6. The van der Waals surface area contributed by atoms with E-state index >= 15 is 0 Å². The minimum absolute atomic E-state index is 0.630. The Bertz CT molecular complexity index is 316. The number of nitrogens with one attached hydrogen (secondary N) is 1. The van der Waals surface area contributed by atoms with E-state index in [0.717, 1.165) is 25.4 Å². The predicted octanol–water partition coefficient (Wildman–Crippen LogP) is 4.37. The van der Waals surface area contributed by atoms with Gasteiger partial charge in [-0.25, -0.2) is 0 Å². The summed E-state index contributed by atoms with van der Waals surface area (Å²) in [5.41, 5.74) is 1.46. The molecule has 1 atom stereocenters. The molecule has 1 aromatic carbocycles. The number of rotatable bonds is 9. The van der Waals surface area contributed by atoms with Crippen LogP contribution in [0.4, 0.5) is 0 Å². The van der Waals surface area contributed by atoms with Gasteiger partial charge in [0.15, 0.2) is 0 Å². The standard InChI is InChI=1S/C17H27N/c1-4-5-7-12-17(14-18-13-15(2)3)16-10-8-6-9-11-16/h4,6,8-11,15,17-18H,1,5,7,12-14H2,2-3H3. The highest BCUT2D eigenvalue weighted by Crippen LogP contribution is 2.21. The van der Waals surface area contributed by atoms with Gasteiger partial charge in [-0.05, 0) is 43.2 Å². The van der Waals surface area contributed by atoms with E-state index in [1.165, 1.54) is 18.4 Å². The predicted molar refractivity (Wildman–Crippen MR) is 80.9 cm³/mol. The van der Waals surface area contributed by atoms with Gasteiger partial charge < -0.3 is 5.32 Å². The maximum absolute atomic E-state index is 3.80. The van der Waals surface area contributed by atoms with Gasteiger partial charge in [0, 0.05) is 6.54 Å². The largest absolute Gasteiger partial charge is 0.316 e. The van der Waals surface area contributed by atoms with Gasteiger partial charge >= 0.3 is 0 Å². The van der Waals surface area contributed by atoms with Gasteiger partial charge in [-0.3, -0.25) is 0 Å². The first-order valence-corrected chi connectivity index (χ1v) is 7.10. The fourth-order valence-corrected chi connectivity index (χ4v) is 2.17. The summed E-state index contributed by atoms with van der Waals surface area (Å²) in [5, 5.41) is 3.58.